The van der Waals surface area contributed by atoms with Crippen molar-refractivity contribution in [1.82, 2.24) is 10.6 Å². The quantitative estimate of drug-likeness (QED) is 0.508. The summed E-state index contributed by atoms with van der Waals surface area (Å²) in [6.45, 7) is 0.228. The van der Waals surface area contributed by atoms with E-state index in [9.17, 15) is 14.0 Å². The summed E-state index contributed by atoms with van der Waals surface area (Å²) in [5.74, 6) is -0.206. The van der Waals surface area contributed by atoms with E-state index in [0.717, 1.165) is 5.56 Å². The number of rotatable bonds is 10. The van der Waals surface area contributed by atoms with Gasteiger partial charge in [0.1, 0.15) is 18.2 Å². The second kappa shape index (κ2) is 9.25. The minimum absolute atomic E-state index is 0.0280. The van der Waals surface area contributed by atoms with Crippen LogP contribution in [0.4, 0.5) is 4.39 Å². The number of nitrogens with one attached hydrogen (secondary N) is 2. The Bertz CT molecular complexity index is 996. The molecule has 0 saturated heterocycles. The van der Waals surface area contributed by atoms with E-state index in [0.29, 0.717) is 48.1 Å². The average molecular weight is 481 g/mol. The van der Waals surface area contributed by atoms with Crippen molar-refractivity contribution in [2.75, 3.05) is 19.8 Å². The van der Waals surface area contributed by atoms with Crippen molar-refractivity contribution in [1.29, 1.82) is 0 Å². The Morgan fingerprint density at radius 2 is 1.53 bits per heavy atom. The molecule has 170 valence electrons. The number of carbonyl (C=O) groups is 2. The van der Waals surface area contributed by atoms with Gasteiger partial charge in [0, 0.05) is 17.1 Å². The summed E-state index contributed by atoms with van der Waals surface area (Å²) < 4.78 is 23.8. The molecule has 3 fully saturated rings. The Hall–Kier alpha value is -2.35. The number of amides is 2. The highest BCUT2D eigenvalue weighted by atomic mass is 35.5. The maximum absolute atomic E-state index is 12.9. The lowest BCUT2D eigenvalue weighted by atomic mass is 9.44. The van der Waals surface area contributed by atoms with Crippen LogP contribution in [0.15, 0.2) is 42.5 Å². The Morgan fingerprint density at radius 3 is 2.16 bits per heavy atom. The maximum Gasteiger partial charge on any atom is 0.258 e. The summed E-state index contributed by atoms with van der Waals surface area (Å²) in [5, 5.41) is 6.79. The molecular formula is C23H23Cl2FN2O4. The van der Waals surface area contributed by atoms with Crippen LogP contribution < -0.4 is 15.4 Å². The lowest BCUT2D eigenvalue weighted by Gasteiger charge is -2.70. The first-order chi connectivity index (χ1) is 15.3. The molecule has 0 heterocycles. The van der Waals surface area contributed by atoms with Crippen LogP contribution in [-0.2, 0) is 20.7 Å². The van der Waals surface area contributed by atoms with Crippen LogP contribution in [0.2, 0.25) is 10.0 Å². The second-order valence-electron chi connectivity index (χ2n) is 8.48. The van der Waals surface area contributed by atoms with E-state index in [2.05, 4.69) is 10.6 Å². The molecule has 3 saturated carbocycles. The fourth-order valence-corrected chi connectivity index (χ4v) is 4.73. The number of halogens is 3. The van der Waals surface area contributed by atoms with Crippen LogP contribution in [0.5, 0.6) is 5.75 Å². The van der Waals surface area contributed by atoms with E-state index in [1.165, 1.54) is 12.1 Å². The van der Waals surface area contributed by atoms with Gasteiger partial charge in [0.05, 0.1) is 16.7 Å². The molecule has 2 bridgehead atoms. The van der Waals surface area contributed by atoms with E-state index in [4.69, 9.17) is 32.7 Å². The van der Waals surface area contributed by atoms with Gasteiger partial charge in [0.2, 0.25) is 5.91 Å². The molecule has 2 aromatic rings. The third-order valence-electron chi connectivity index (χ3n) is 5.78. The predicted molar refractivity (Wildman–Crippen MR) is 118 cm³/mol. The van der Waals surface area contributed by atoms with Gasteiger partial charge in [0.15, 0.2) is 6.61 Å². The zero-order valence-electron chi connectivity index (χ0n) is 17.3. The first-order valence-electron chi connectivity index (χ1n) is 10.3. The lowest BCUT2D eigenvalue weighted by Crippen LogP contribution is -2.84. The van der Waals surface area contributed by atoms with Crippen molar-refractivity contribution in [3.8, 4) is 5.75 Å². The Kier molecular flexibility index (Phi) is 6.60. The summed E-state index contributed by atoms with van der Waals surface area (Å²) >= 11 is 11.8. The van der Waals surface area contributed by atoms with Gasteiger partial charge in [-0.3, -0.25) is 9.59 Å². The number of ether oxygens (including phenoxy) is 2. The van der Waals surface area contributed by atoms with Gasteiger partial charge < -0.3 is 20.1 Å². The van der Waals surface area contributed by atoms with Gasteiger partial charge in [-0.15, -0.1) is 0 Å². The molecular weight excluding hydrogens is 458 g/mol. The zero-order valence-corrected chi connectivity index (χ0v) is 18.8. The van der Waals surface area contributed by atoms with Crippen LogP contribution in [-0.4, -0.2) is 42.7 Å². The monoisotopic (exact) mass is 480 g/mol. The van der Waals surface area contributed by atoms with Crippen LogP contribution >= 0.6 is 23.2 Å². The predicted octanol–water partition coefficient (Wildman–Crippen LogP) is 3.68. The standard InChI is InChI=1S/C23H23Cl2FN2O4/c24-18-6-5-17(9-19(18)25)32-11-21(30)28-23-12-22(13-23,14-23)27-20(29)10-31-8-7-15-1-3-16(26)4-2-15/h1-6,9H,7-8,10-14H2,(H,27,29)(H,28,30). The smallest absolute Gasteiger partial charge is 0.258 e. The van der Waals surface area contributed by atoms with Gasteiger partial charge in [-0.05, 0) is 55.5 Å². The minimum atomic E-state index is -0.277. The highest BCUT2D eigenvalue weighted by molar-refractivity contribution is 6.42. The third kappa shape index (κ3) is 5.34. The van der Waals surface area contributed by atoms with E-state index >= 15 is 0 Å². The molecule has 32 heavy (non-hydrogen) atoms. The maximum atomic E-state index is 12.9. The molecule has 3 aliphatic carbocycles. The van der Waals surface area contributed by atoms with E-state index in [1.54, 1.807) is 30.3 Å². The Labute approximate surface area is 195 Å². The summed E-state index contributed by atoms with van der Waals surface area (Å²) in [4.78, 5) is 24.4. The normalized spacial score (nSPS) is 23.0. The molecule has 0 aromatic heterocycles. The molecule has 9 heteroatoms. The van der Waals surface area contributed by atoms with Gasteiger partial charge in [-0.1, -0.05) is 35.3 Å². The van der Waals surface area contributed by atoms with Gasteiger partial charge in [-0.2, -0.15) is 0 Å². The summed E-state index contributed by atoms with van der Waals surface area (Å²) in [5.41, 5.74) is 0.427. The SMILES string of the molecule is O=C(COCCc1ccc(F)cc1)NC12CC(NC(=O)COc3ccc(Cl)c(Cl)c3)(C1)C2. The fourth-order valence-electron chi connectivity index (χ4n) is 4.44. The van der Waals surface area contributed by atoms with E-state index < -0.39 is 0 Å². The molecule has 0 radical (unpaired) electrons. The first kappa shape index (κ1) is 22.8. The second-order valence-corrected chi connectivity index (χ2v) is 9.30. The number of benzene rings is 2. The molecule has 0 unspecified atom stereocenters. The van der Waals surface area contributed by atoms with Crippen molar-refractivity contribution >= 4 is 35.0 Å². The zero-order chi connectivity index (χ0) is 22.8. The van der Waals surface area contributed by atoms with Crippen molar-refractivity contribution in [2.24, 2.45) is 0 Å². The molecule has 2 amide bonds. The topological polar surface area (TPSA) is 76.7 Å². The van der Waals surface area contributed by atoms with Crippen LogP contribution in [0.3, 0.4) is 0 Å². The highest BCUT2D eigenvalue weighted by Gasteiger charge is 2.69. The Morgan fingerprint density at radius 1 is 0.906 bits per heavy atom. The Balaban J connectivity index is 1.11. The molecule has 3 aliphatic rings. The number of hydrogen-bond donors (Lipinski definition) is 2. The van der Waals surface area contributed by atoms with Crippen LogP contribution in [0, 0.1) is 5.82 Å². The number of hydrogen-bond acceptors (Lipinski definition) is 4. The largest absolute Gasteiger partial charge is 0.484 e. The molecule has 0 spiro atoms. The van der Waals surface area contributed by atoms with E-state index in [-0.39, 0.29) is 41.9 Å². The highest BCUT2D eigenvalue weighted by Crippen LogP contribution is 2.60. The molecule has 5 rings (SSSR count). The van der Waals surface area contributed by atoms with Crippen LogP contribution in [0.1, 0.15) is 24.8 Å². The first-order valence-corrected chi connectivity index (χ1v) is 11.0. The van der Waals surface area contributed by atoms with Gasteiger partial charge in [-0.25, -0.2) is 4.39 Å². The van der Waals surface area contributed by atoms with Crippen molar-refractivity contribution < 1.29 is 23.5 Å². The lowest BCUT2D eigenvalue weighted by molar-refractivity contribution is -0.152. The van der Waals surface area contributed by atoms with Crippen molar-refractivity contribution in [3.05, 3.63) is 63.9 Å². The summed E-state index contributed by atoms with van der Waals surface area (Å²) in [7, 11) is 0. The third-order valence-corrected chi connectivity index (χ3v) is 6.52. The molecule has 0 atom stereocenters. The van der Waals surface area contributed by atoms with Crippen molar-refractivity contribution in [3.63, 3.8) is 0 Å². The van der Waals surface area contributed by atoms with Crippen molar-refractivity contribution in [2.45, 2.75) is 36.8 Å². The summed E-state index contributed by atoms with van der Waals surface area (Å²) in [6, 6.07) is 11.0. The van der Waals surface area contributed by atoms with Crippen LogP contribution in [0.25, 0.3) is 0 Å². The fraction of sp³-hybridized carbons (Fsp3) is 0.391. The molecule has 2 aromatic carbocycles. The molecule has 2 N–H and O–H groups in total. The van der Waals surface area contributed by atoms with E-state index in [1.807, 2.05) is 0 Å². The minimum Gasteiger partial charge on any atom is -0.484 e. The van der Waals surface area contributed by atoms with Gasteiger partial charge >= 0.3 is 0 Å². The van der Waals surface area contributed by atoms with Gasteiger partial charge in [0.25, 0.3) is 5.91 Å². The molecule has 0 aliphatic heterocycles. The number of carbonyl (C=O) groups excluding carboxylic acids is 2. The average Bonchev–Trinajstić information content (AvgIpc) is 2.71. The summed E-state index contributed by atoms with van der Waals surface area (Å²) in [6.07, 6.45) is 2.69. The molecule has 6 nitrogen and oxygen atoms in total.